The van der Waals surface area contributed by atoms with Crippen molar-refractivity contribution in [3.63, 3.8) is 0 Å². The molecule has 1 N–H and O–H groups in total. The maximum absolute atomic E-state index is 9.00. The van der Waals surface area contributed by atoms with Crippen molar-refractivity contribution in [1.29, 1.82) is 0 Å². The highest BCUT2D eigenvalue weighted by Gasteiger charge is 1.96. The molecule has 0 aliphatic carbocycles. The second kappa shape index (κ2) is 4.11. The Kier molecular flexibility index (Phi) is 3.11. The molecule has 0 amide bonds. The van der Waals surface area contributed by atoms with Crippen molar-refractivity contribution >= 4 is 0 Å². The second-order valence-electron chi connectivity index (χ2n) is 3.19. The van der Waals surface area contributed by atoms with Gasteiger partial charge in [0.15, 0.2) is 0 Å². The van der Waals surface area contributed by atoms with Gasteiger partial charge in [-0.05, 0) is 38.0 Å². The highest BCUT2D eigenvalue weighted by Crippen LogP contribution is 2.10. The molecule has 1 unspecified atom stereocenters. The van der Waals surface area contributed by atoms with E-state index in [1.54, 1.807) is 6.92 Å². The summed E-state index contributed by atoms with van der Waals surface area (Å²) >= 11 is 0. The van der Waals surface area contributed by atoms with Gasteiger partial charge in [0, 0.05) is 5.56 Å². The van der Waals surface area contributed by atoms with E-state index in [4.69, 9.17) is 5.11 Å². The molecule has 0 radical (unpaired) electrons. The smallest absolute Gasteiger partial charge is 0.112 e. The number of rotatable bonds is 0. The molecule has 13 heavy (non-hydrogen) atoms. The first-order valence-corrected chi connectivity index (χ1v) is 4.37. The van der Waals surface area contributed by atoms with E-state index in [1.165, 1.54) is 11.1 Å². The van der Waals surface area contributed by atoms with Gasteiger partial charge in [0.25, 0.3) is 0 Å². The number of hydrogen-bond donors (Lipinski definition) is 1. The van der Waals surface area contributed by atoms with Crippen LogP contribution in [0.4, 0.5) is 0 Å². The third kappa shape index (κ3) is 2.61. The Balaban J connectivity index is 3.04. The van der Waals surface area contributed by atoms with Crippen LogP contribution in [0.2, 0.25) is 0 Å². The molecule has 0 aliphatic rings. The molecule has 0 aliphatic heterocycles. The van der Waals surface area contributed by atoms with E-state index in [9.17, 15) is 0 Å². The molecule has 1 aromatic carbocycles. The molecule has 0 spiro atoms. The van der Waals surface area contributed by atoms with Crippen molar-refractivity contribution in [3.05, 3.63) is 34.9 Å². The fourth-order valence-electron chi connectivity index (χ4n) is 1.07. The summed E-state index contributed by atoms with van der Waals surface area (Å²) < 4.78 is 0. The van der Waals surface area contributed by atoms with Crippen LogP contribution in [0.15, 0.2) is 18.2 Å². The van der Waals surface area contributed by atoms with Crippen molar-refractivity contribution in [2.24, 2.45) is 0 Å². The summed E-state index contributed by atoms with van der Waals surface area (Å²) in [6.45, 7) is 5.77. The Bertz CT molecular complexity index is 353. The third-order valence-corrected chi connectivity index (χ3v) is 2.02. The lowest BCUT2D eigenvalue weighted by Crippen LogP contribution is -1.93. The molecule has 0 saturated heterocycles. The Morgan fingerprint density at radius 2 is 2.00 bits per heavy atom. The van der Waals surface area contributed by atoms with Crippen LogP contribution in [0.5, 0.6) is 0 Å². The number of benzene rings is 1. The van der Waals surface area contributed by atoms with E-state index < -0.39 is 6.10 Å². The summed E-state index contributed by atoms with van der Waals surface area (Å²) in [5.41, 5.74) is 3.42. The third-order valence-electron chi connectivity index (χ3n) is 2.02. The molecule has 0 heterocycles. The first kappa shape index (κ1) is 9.83. The van der Waals surface area contributed by atoms with Gasteiger partial charge in [-0.3, -0.25) is 0 Å². The Hall–Kier alpha value is -1.26. The van der Waals surface area contributed by atoms with Gasteiger partial charge in [-0.25, -0.2) is 0 Å². The summed E-state index contributed by atoms with van der Waals surface area (Å²) in [5.74, 6) is 5.69. The average Bonchev–Trinajstić information content (AvgIpc) is 2.07. The van der Waals surface area contributed by atoms with Gasteiger partial charge >= 0.3 is 0 Å². The summed E-state index contributed by atoms with van der Waals surface area (Å²) in [4.78, 5) is 0. The van der Waals surface area contributed by atoms with E-state index in [1.807, 2.05) is 19.1 Å². The van der Waals surface area contributed by atoms with E-state index in [-0.39, 0.29) is 0 Å². The number of aliphatic hydroxyl groups excluding tert-OH is 1. The Morgan fingerprint density at radius 1 is 1.31 bits per heavy atom. The molecule has 68 valence electrons. The first-order chi connectivity index (χ1) is 6.11. The van der Waals surface area contributed by atoms with E-state index >= 15 is 0 Å². The van der Waals surface area contributed by atoms with Crippen molar-refractivity contribution in [2.75, 3.05) is 0 Å². The van der Waals surface area contributed by atoms with Crippen LogP contribution in [0.25, 0.3) is 0 Å². The normalized spacial score (nSPS) is 11.7. The predicted octanol–water partition coefficient (Wildman–Crippen LogP) is 2.04. The van der Waals surface area contributed by atoms with Crippen molar-refractivity contribution in [2.45, 2.75) is 26.9 Å². The molecule has 0 aromatic heterocycles. The average molecular weight is 174 g/mol. The summed E-state index contributed by atoms with van der Waals surface area (Å²) in [6, 6.07) is 6.01. The van der Waals surface area contributed by atoms with Crippen LogP contribution in [-0.2, 0) is 0 Å². The van der Waals surface area contributed by atoms with Gasteiger partial charge in [-0.15, -0.1) is 0 Å². The molecular weight excluding hydrogens is 160 g/mol. The standard InChI is InChI=1S/C12H14O/c1-9-5-4-6-12(11(9)3)8-7-10(2)13/h4-6,10,13H,1-3H3. The molecule has 0 saturated carbocycles. The highest BCUT2D eigenvalue weighted by molar-refractivity contribution is 5.44. The monoisotopic (exact) mass is 174 g/mol. The number of aliphatic hydroxyl groups is 1. The maximum Gasteiger partial charge on any atom is 0.112 e. The van der Waals surface area contributed by atoms with Gasteiger partial charge in [-0.1, -0.05) is 24.0 Å². The van der Waals surface area contributed by atoms with Crippen molar-refractivity contribution in [1.82, 2.24) is 0 Å². The predicted molar refractivity (Wildman–Crippen MR) is 54.5 cm³/mol. The summed E-state index contributed by atoms with van der Waals surface area (Å²) in [5, 5.41) is 9.00. The number of hydrogen-bond acceptors (Lipinski definition) is 1. The van der Waals surface area contributed by atoms with Crippen LogP contribution >= 0.6 is 0 Å². The quantitative estimate of drug-likeness (QED) is 0.597. The topological polar surface area (TPSA) is 20.2 Å². The fraction of sp³-hybridized carbons (Fsp3) is 0.333. The van der Waals surface area contributed by atoms with Crippen LogP contribution in [-0.4, -0.2) is 11.2 Å². The van der Waals surface area contributed by atoms with E-state index in [2.05, 4.69) is 24.8 Å². The maximum atomic E-state index is 9.00. The minimum atomic E-state index is -0.556. The molecule has 1 heteroatoms. The van der Waals surface area contributed by atoms with Crippen LogP contribution in [0.3, 0.4) is 0 Å². The van der Waals surface area contributed by atoms with Gasteiger partial charge in [0.2, 0.25) is 0 Å². The van der Waals surface area contributed by atoms with E-state index in [0.29, 0.717) is 0 Å². The Morgan fingerprint density at radius 3 is 2.62 bits per heavy atom. The summed E-state index contributed by atoms with van der Waals surface area (Å²) in [7, 11) is 0. The molecule has 0 fully saturated rings. The zero-order valence-corrected chi connectivity index (χ0v) is 8.26. The zero-order valence-electron chi connectivity index (χ0n) is 8.26. The van der Waals surface area contributed by atoms with E-state index in [0.717, 1.165) is 5.56 Å². The molecular formula is C12H14O. The second-order valence-corrected chi connectivity index (χ2v) is 3.19. The van der Waals surface area contributed by atoms with Crippen LogP contribution in [0, 0.1) is 25.7 Å². The van der Waals surface area contributed by atoms with Gasteiger partial charge in [0.05, 0.1) is 0 Å². The van der Waals surface area contributed by atoms with Gasteiger partial charge in [-0.2, -0.15) is 0 Å². The molecule has 1 nitrogen and oxygen atoms in total. The zero-order chi connectivity index (χ0) is 9.84. The SMILES string of the molecule is Cc1cccc(C#CC(C)O)c1C. The molecule has 1 atom stereocenters. The Labute approximate surface area is 79.4 Å². The minimum Gasteiger partial charge on any atom is -0.381 e. The van der Waals surface area contributed by atoms with Gasteiger partial charge < -0.3 is 5.11 Å². The van der Waals surface area contributed by atoms with Gasteiger partial charge in [0.1, 0.15) is 6.10 Å². The summed E-state index contributed by atoms with van der Waals surface area (Å²) in [6.07, 6.45) is -0.556. The molecule has 0 bridgehead atoms. The first-order valence-electron chi connectivity index (χ1n) is 4.37. The number of aryl methyl sites for hydroxylation is 1. The fourth-order valence-corrected chi connectivity index (χ4v) is 1.07. The van der Waals surface area contributed by atoms with Crippen molar-refractivity contribution in [3.8, 4) is 11.8 Å². The lowest BCUT2D eigenvalue weighted by molar-refractivity contribution is 0.253. The molecule has 1 rings (SSSR count). The van der Waals surface area contributed by atoms with Crippen LogP contribution < -0.4 is 0 Å². The van der Waals surface area contributed by atoms with Crippen molar-refractivity contribution < 1.29 is 5.11 Å². The largest absolute Gasteiger partial charge is 0.381 e. The molecule has 1 aromatic rings. The lowest BCUT2D eigenvalue weighted by Gasteiger charge is -2.01. The van der Waals surface area contributed by atoms with Crippen LogP contribution in [0.1, 0.15) is 23.6 Å². The lowest BCUT2D eigenvalue weighted by atomic mass is 10.0. The highest BCUT2D eigenvalue weighted by atomic mass is 16.3. The minimum absolute atomic E-state index is 0.556.